The van der Waals surface area contributed by atoms with Gasteiger partial charge in [-0.3, -0.25) is 13.9 Å². The Kier molecular flexibility index (Phi) is 12.6. The molecule has 0 spiro atoms. The molecule has 1 N–H and O–H groups in total. The van der Waals surface area contributed by atoms with Crippen LogP contribution in [0, 0.1) is 6.92 Å². The largest absolute Gasteiger partial charge is 0.494 e. The second-order valence-electron chi connectivity index (χ2n) is 11.4. The van der Waals surface area contributed by atoms with E-state index in [2.05, 4.69) is 21.2 Å². The third kappa shape index (κ3) is 9.68. The standard InChI is InChI=1S/C37H42BrN3O5S/c1-5-28(4)39-37(43)35(24-29-10-8-7-9-11-29)40(25-30-14-16-31(38)17-15-30)36(42)26-41(32-18-20-33(21-19-32)46-6-2)47(44,45)34-22-12-27(3)13-23-34/h7-23,28,35H,5-6,24-26H2,1-4H3,(H,39,43)/t28-,35+/m0/s1. The molecule has 0 aliphatic rings. The van der Waals surface area contributed by atoms with Gasteiger partial charge in [-0.25, -0.2) is 8.42 Å². The van der Waals surface area contributed by atoms with E-state index in [1.54, 1.807) is 36.4 Å². The van der Waals surface area contributed by atoms with Crippen LogP contribution in [-0.2, 0) is 32.6 Å². The van der Waals surface area contributed by atoms with E-state index in [0.29, 0.717) is 24.5 Å². The summed E-state index contributed by atoms with van der Waals surface area (Å²) in [4.78, 5) is 30.1. The van der Waals surface area contributed by atoms with Crippen LogP contribution in [0.15, 0.2) is 112 Å². The van der Waals surface area contributed by atoms with Gasteiger partial charge >= 0.3 is 0 Å². The summed E-state index contributed by atoms with van der Waals surface area (Å²) in [5.41, 5.74) is 2.88. The first kappa shape index (κ1) is 35.7. The maximum atomic E-state index is 14.6. The zero-order valence-corrected chi connectivity index (χ0v) is 29.6. The number of sulfonamides is 1. The molecule has 0 saturated carbocycles. The molecule has 8 nitrogen and oxygen atoms in total. The molecule has 0 radical (unpaired) electrons. The highest BCUT2D eigenvalue weighted by Crippen LogP contribution is 2.27. The predicted octanol–water partition coefficient (Wildman–Crippen LogP) is 6.91. The van der Waals surface area contributed by atoms with E-state index >= 15 is 0 Å². The maximum Gasteiger partial charge on any atom is 0.264 e. The highest BCUT2D eigenvalue weighted by atomic mass is 79.9. The fraction of sp³-hybridized carbons (Fsp3) is 0.297. The first-order valence-corrected chi connectivity index (χ1v) is 18.0. The van der Waals surface area contributed by atoms with Gasteiger partial charge in [0.25, 0.3) is 10.0 Å². The van der Waals surface area contributed by atoms with Crippen molar-refractivity contribution in [2.24, 2.45) is 0 Å². The fourth-order valence-electron chi connectivity index (χ4n) is 5.02. The predicted molar refractivity (Wildman–Crippen MR) is 190 cm³/mol. The van der Waals surface area contributed by atoms with Gasteiger partial charge in [-0.2, -0.15) is 0 Å². The maximum absolute atomic E-state index is 14.6. The van der Waals surface area contributed by atoms with Crippen molar-refractivity contribution in [1.29, 1.82) is 0 Å². The number of amides is 2. The summed E-state index contributed by atoms with van der Waals surface area (Å²) < 4.78 is 36.0. The highest BCUT2D eigenvalue weighted by molar-refractivity contribution is 9.10. The molecule has 47 heavy (non-hydrogen) atoms. The summed E-state index contributed by atoms with van der Waals surface area (Å²) in [5, 5.41) is 3.06. The number of carbonyl (C=O) groups excluding carboxylic acids is 2. The number of rotatable bonds is 15. The Morgan fingerprint density at radius 3 is 2.09 bits per heavy atom. The molecule has 0 bridgehead atoms. The summed E-state index contributed by atoms with van der Waals surface area (Å²) >= 11 is 3.47. The van der Waals surface area contributed by atoms with Crippen LogP contribution < -0.4 is 14.4 Å². The van der Waals surface area contributed by atoms with Gasteiger partial charge in [-0.15, -0.1) is 0 Å². The second kappa shape index (κ2) is 16.6. The number of hydrogen-bond donors (Lipinski definition) is 1. The number of halogens is 1. The quantitative estimate of drug-likeness (QED) is 0.144. The SMILES string of the molecule is CCOc1ccc(N(CC(=O)N(Cc2ccc(Br)cc2)[C@H](Cc2ccccc2)C(=O)N[C@@H](C)CC)S(=O)(=O)c2ccc(C)cc2)cc1. The smallest absolute Gasteiger partial charge is 0.264 e. The first-order chi connectivity index (χ1) is 22.5. The van der Waals surface area contributed by atoms with Crippen LogP contribution in [0.5, 0.6) is 5.75 Å². The normalized spacial score (nSPS) is 12.5. The van der Waals surface area contributed by atoms with E-state index in [1.165, 1.54) is 17.0 Å². The van der Waals surface area contributed by atoms with Gasteiger partial charge in [-0.1, -0.05) is 83.0 Å². The van der Waals surface area contributed by atoms with Crippen LogP contribution in [0.25, 0.3) is 0 Å². The molecular formula is C37H42BrN3O5S. The van der Waals surface area contributed by atoms with Gasteiger partial charge in [-0.05, 0) is 86.8 Å². The number of carbonyl (C=O) groups is 2. The average molecular weight is 721 g/mol. The minimum Gasteiger partial charge on any atom is -0.494 e. The lowest BCUT2D eigenvalue weighted by Gasteiger charge is -2.34. The molecule has 10 heteroatoms. The van der Waals surface area contributed by atoms with Crippen molar-refractivity contribution in [2.75, 3.05) is 17.5 Å². The average Bonchev–Trinajstić information content (AvgIpc) is 3.07. The van der Waals surface area contributed by atoms with Crippen molar-refractivity contribution in [3.05, 3.63) is 124 Å². The lowest BCUT2D eigenvalue weighted by Crippen LogP contribution is -2.54. The molecule has 0 saturated heterocycles. The van der Waals surface area contributed by atoms with Crippen molar-refractivity contribution in [3.63, 3.8) is 0 Å². The van der Waals surface area contributed by atoms with Gasteiger partial charge in [0, 0.05) is 23.5 Å². The van der Waals surface area contributed by atoms with Gasteiger partial charge in [0.15, 0.2) is 0 Å². The van der Waals surface area contributed by atoms with Crippen molar-refractivity contribution in [1.82, 2.24) is 10.2 Å². The Balaban J connectivity index is 1.80. The number of ether oxygens (including phenoxy) is 1. The van der Waals surface area contributed by atoms with Crippen LogP contribution in [0.4, 0.5) is 5.69 Å². The molecule has 4 aromatic rings. The Bertz CT molecular complexity index is 1720. The van der Waals surface area contributed by atoms with E-state index in [4.69, 9.17) is 4.74 Å². The topological polar surface area (TPSA) is 96.0 Å². The molecule has 2 atom stereocenters. The molecule has 0 aliphatic carbocycles. The minimum absolute atomic E-state index is 0.0552. The summed E-state index contributed by atoms with van der Waals surface area (Å²) in [6.45, 7) is 7.66. The zero-order valence-electron chi connectivity index (χ0n) is 27.2. The fourth-order valence-corrected chi connectivity index (χ4v) is 6.70. The van der Waals surface area contributed by atoms with Crippen molar-refractivity contribution in [3.8, 4) is 5.75 Å². The van der Waals surface area contributed by atoms with Crippen molar-refractivity contribution >= 4 is 43.5 Å². The van der Waals surface area contributed by atoms with Gasteiger partial charge in [0.05, 0.1) is 17.2 Å². The number of benzene rings is 4. The molecule has 0 unspecified atom stereocenters. The first-order valence-electron chi connectivity index (χ1n) is 15.7. The van der Waals surface area contributed by atoms with Crippen molar-refractivity contribution in [2.45, 2.75) is 64.1 Å². The van der Waals surface area contributed by atoms with E-state index in [9.17, 15) is 18.0 Å². The zero-order chi connectivity index (χ0) is 34.0. The number of aryl methyl sites for hydroxylation is 1. The van der Waals surface area contributed by atoms with E-state index in [0.717, 1.165) is 25.5 Å². The van der Waals surface area contributed by atoms with Crippen molar-refractivity contribution < 1.29 is 22.7 Å². The molecule has 4 rings (SSSR count). The van der Waals surface area contributed by atoms with Gasteiger partial charge in [0.2, 0.25) is 11.8 Å². The molecule has 4 aromatic carbocycles. The Hall–Kier alpha value is -4.15. The van der Waals surface area contributed by atoms with E-state index in [1.807, 2.05) is 82.3 Å². The van der Waals surface area contributed by atoms with Crippen LogP contribution in [0.1, 0.15) is 43.9 Å². The summed E-state index contributed by atoms with van der Waals surface area (Å²) in [6, 6.07) is 29.1. The molecule has 2 amide bonds. The van der Waals surface area contributed by atoms with Crippen LogP contribution in [0.3, 0.4) is 0 Å². The lowest BCUT2D eigenvalue weighted by molar-refractivity contribution is -0.140. The third-order valence-corrected chi connectivity index (χ3v) is 10.2. The molecule has 0 heterocycles. The Morgan fingerprint density at radius 1 is 0.851 bits per heavy atom. The monoisotopic (exact) mass is 719 g/mol. The molecular weight excluding hydrogens is 678 g/mol. The van der Waals surface area contributed by atoms with Crippen LogP contribution in [-0.4, -0.2) is 50.4 Å². The molecule has 0 aromatic heterocycles. The summed E-state index contributed by atoms with van der Waals surface area (Å²) in [5.74, 6) is -0.239. The number of nitrogens with one attached hydrogen (secondary N) is 1. The van der Waals surface area contributed by atoms with Crippen LogP contribution in [0.2, 0.25) is 0 Å². The van der Waals surface area contributed by atoms with E-state index < -0.39 is 28.5 Å². The summed E-state index contributed by atoms with van der Waals surface area (Å²) in [6.07, 6.45) is 0.962. The minimum atomic E-state index is -4.19. The molecule has 248 valence electrons. The lowest BCUT2D eigenvalue weighted by atomic mass is 10.0. The van der Waals surface area contributed by atoms with Gasteiger partial charge in [0.1, 0.15) is 18.3 Å². The highest BCUT2D eigenvalue weighted by Gasteiger charge is 2.35. The van der Waals surface area contributed by atoms with E-state index in [-0.39, 0.29) is 29.8 Å². The Morgan fingerprint density at radius 2 is 1.49 bits per heavy atom. The number of nitrogens with zero attached hydrogens (tertiary/aromatic N) is 2. The van der Waals surface area contributed by atoms with Crippen LogP contribution >= 0.6 is 15.9 Å². The number of anilines is 1. The third-order valence-electron chi connectivity index (χ3n) is 7.86. The Labute approximate surface area is 286 Å². The second-order valence-corrected chi connectivity index (χ2v) is 14.2. The van der Waals surface area contributed by atoms with Gasteiger partial charge < -0.3 is 15.0 Å². The summed E-state index contributed by atoms with van der Waals surface area (Å²) in [7, 11) is -4.19. The number of hydrogen-bond acceptors (Lipinski definition) is 5. The molecule has 0 fully saturated rings. The molecule has 0 aliphatic heterocycles.